The third-order valence-corrected chi connectivity index (χ3v) is 7.55. The maximum atomic E-state index is 12.0. The molecule has 0 radical (unpaired) electrons. The van der Waals surface area contributed by atoms with Crippen molar-refractivity contribution in [2.45, 2.75) is 58.3 Å². The van der Waals surface area contributed by atoms with E-state index in [0.717, 1.165) is 64.3 Å². The first kappa shape index (κ1) is 22.7. The van der Waals surface area contributed by atoms with Crippen molar-refractivity contribution in [1.82, 2.24) is 23.9 Å². The summed E-state index contributed by atoms with van der Waals surface area (Å²) >= 11 is 0. The van der Waals surface area contributed by atoms with E-state index < -0.39 is 10.0 Å². The summed E-state index contributed by atoms with van der Waals surface area (Å²) in [6, 6.07) is 0.775. The summed E-state index contributed by atoms with van der Waals surface area (Å²) in [6.07, 6.45) is 6.43. The molecule has 1 aromatic rings. The molecule has 0 spiro atoms. The number of likely N-dealkylation sites (N-methyl/N-ethyl adjacent to an activating group) is 1. The fourth-order valence-electron chi connectivity index (χ4n) is 4.49. The van der Waals surface area contributed by atoms with Crippen molar-refractivity contribution >= 4 is 10.0 Å². The monoisotopic (exact) mass is 427 g/mol. The Morgan fingerprint density at radius 3 is 2.52 bits per heavy atom. The van der Waals surface area contributed by atoms with Gasteiger partial charge in [-0.15, -0.1) is 0 Å². The second-order valence-electron chi connectivity index (χ2n) is 8.48. The molecule has 2 aliphatic heterocycles. The molecule has 0 bridgehead atoms. The molecule has 1 atom stereocenters. The standard InChI is InChI=1S/C20H37N5O3S/c1-5-23-15-18(17(2)21-23)14-22(3)10-11-25(19-7-12-28-13-8-19)20-6-9-24(16-20)29(4,26)27/h15,19-20H,5-14,16H2,1-4H3. The van der Waals surface area contributed by atoms with Crippen molar-refractivity contribution in [1.29, 1.82) is 0 Å². The van der Waals surface area contributed by atoms with Crippen molar-refractivity contribution in [3.05, 3.63) is 17.5 Å². The lowest BCUT2D eigenvalue weighted by molar-refractivity contribution is 0.0156. The lowest BCUT2D eigenvalue weighted by Crippen LogP contribution is -2.49. The molecular formula is C20H37N5O3S. The summed E-state index contributed by atoms with van der Waals surface area (Å²) in [4.78, 5) is 4.91. The van der Waals surface area contributed by atoms with Crippen LogP contribution in [0.1, 0.15) is 37.4 Å². The number of ether oxygens (including phenoxy) is 1. The Bertz CT molecular complexity index is 760. The van der Waals surface area contributed by atoms with E-state index in [0.29, 0.717) is 25.2 Å². The van der Waals surface area contributed by atoms with E-state index in [1.165, 1.54) is 11.8 Å². The van der Waals surface area contributed by atoms with Crippen LogP contribution in [0.4, 0.5) is 0 Å². The normalized spacial score (nSPS) is 22.2. The Morgan fingerprint density at radius 1 is 1.21 bits per heavy atom. The van der Waals surface area contributed by atoms with Crippen molar-refractivity contribution in [2.24, 2.45) is 0 Å². The minimum Gasteiger partial charge on any atom is -0.381 e. The molecule has 0 aromatic carbocycles. The van der Waals surface area contributed by atoms with Crippen LogP contribution in [0.2, 0.25) is 0 Å². The molecular weight excluding hydrogens is 390 g/mol. The van der Waals surface area contributed by atoms with Gasteiger partial charge in [0.15, 0.2) is 0 Å². The van der Waals surface area contributed by atoms with Gasteiger partial charge in [-0.25, -0.2) is 12.7 Å². The van der Waals surface area contributed by atoms with E-state index in [4.69, 9.17) is 4.74 Å². The first-order valence-corrected chi connectivity index (χ1v) is 12.6. The minimum atomic E-state index is -3.11. The van der Waals surface area contributed by atoms with Crippen LogP contribution in [0.25, 0.3) is 0 Å². The molecule has 9 heteroatoms. The van der Waals surface area contributed by atoms with Crippen LogP contribution < -0.4 is 0 Å². The Labute approximate surface area is 175 Å². The highest BCUT2D eigenvalue weighted by atomic mass is 32.2. The highest BCUT2D eigenvalue weighted by Crippen LogP contribution is 2.24. The van der Waals surface area contributed by atoms with Gasteiger partial charge in [-0.1, -0.05) is 0 Å². The Balaban J connectivity index is 1.61. The van der Waals surface area contributed by atoms with Crippen LogP contribution >= 0.6 is 0 Å². The van der Waals surface area contributed by atoms with Gasteiger partial charge in [-0.05, 0) is 40.2 Å². The second-order valence-corrected chi connectivity index (χ2v) is 10.5. The van der Waals surface area contributed by atoms with E-state index in [-0.39, 0.29) is 0 Å². The molecule has 0 aliphatic carbocycles. The summed E-state index contributed by atoms with van der Waals surface area (Å²) < 4.78 is 33.1. The number of sulfonamides is 1. The van der Waals surface area contributed by atoms with Crippen molar-refractivity contribution < 1.29 is 13.2 Å². The molecule has 166 valence electrons. The van der Waals surface area contributed by atoms with Gasteiger partial charge in [0.2, 0.25) is 10.0 Å². The zero-order valence-electron chi connectivity index (χ0n) is 18.4. The van der Waals surface area contributed by atoms with Crippen LogP contribution in [0.15, 0.2) is 6.20 Å². The number of rotatable bonds is 9. The highest BCUT2D eigenvalue weighted by Gasteiger charge is 2.35. The third-order valence-electron chi connectivity index (χ3n) is 6.28. The molecule has 2 fully saturated rings. The van der Waals surface area contributed by atoms with Crippen molar-refractivity contribution in [3.8, 4) is 0 Å². The zero-order valence-corrected chi connectivity index (χ0v) is 19.2. The molecule has 29 heavy (non-hydrogen) atoms. The van der Waals surface area contributed by atoms with Crippen LogP contribution in [-0.2, 0) is 27.8 Å². The van der Waals surface area contributed by atoms with Gasteiger partial charge in [0.05, 0.1) is 11.9 Å². The average molecular weight is 428 g/mol. The largest absolute Gasteiger partial charge is 0.381 e. The maximum Gasteiger partial charge on any atom is 0.211 e. The van der Waals surface area contributed by atoms with Gasteiger partial charge in [0, 0.05) is 76.3 Å². The summed E-state index contributed by atoms with van der Waals surface area (Å²) in [7, 11) is -0.959. The topological polar surface area (TPSA) is 70.9 Å². The predicted octanol–water partition coefficient (Wildman–Crippen LogP) is 1.16. The number of hydrogen-bond acceptors (Lipinski definition) is 6. The average Bonchev–Trinajstić information content (AvgIpc) is 3.30. The lowest BCUT2D eigenvalue weighted by Gasteiger charge is -2.39. The smallest absolute Gasteiger partial charge is 0.211 e. The van der Waals surface area contributed by atoms with E-state index in [1.54, 1.807) is 4.31 Å². The molecule has 2 saturated heterocycles. The van der Waals surface area contributed by atoms with E-state index in [1.807, 2.05) is 4.68 Å². The Hall–Kier alpha value is -1.00. The fraction of sp³-hybridized carbons (Fsp3) is 0.850. The summed E-state index contributed by atoms with van der Waals surface area (Å²) in [5.41, 5.74) is 2.37. The van der Waals surface area contributed by atoms with Gasteiger partial charge in [-0.2, -0.15) is 5.10 Å². The lowest BCUT2D eigenvalue weighted by atomic mass is 10.0. The summed E-state index contributed by atoms with van der Waals surface area (Å²) in [5, 5.41) is 4.55. The highest BCUT2D eigenvalue weighted by molar-refractivity contribution is 7.88. The van der Waals surface area contributed by atoms with Gasteiger partial charge >= 0.3 is 0 Å². The second kappa shape index (κ2) is 9.87. The SMILES string of the molecule is CCn1cc(CN(C)CCN(C2CCOCC2)C2CCN(S(C)(=O)=O)C2)c(C)n1. The minimum absolute atomic E-state index is 0.297. The molecule has 0 amide bonds. The molecule has 3 heterocycles. The van der Waals surface area contributed by atoms with E-state index in [9.17, 15) is 8.42 Å². The fourth-order valence-corrected chi connectivity index (χ4v) is 5.37. The van der Waals surface area contributed by atoms with Crippen LogP contribution in [0.3, 0.4) is 0 Å². The summed E-state index contributed by atoms with van der Waals surface area (Å²) in [5.74, 6) is 0. The van der Waals surface area contributed by atoms with Crippen LogP contribution in [0.5, 0.6) is 0 Å². The van der Waals surface area contributed by atoms with Crippen molar-refractivity contribution in [2.75, 3.05) is 52.7 Å². The zero-order chi connectivity index (χ0) is 21.0. The number of aryl methyl sites for hydroxylation is 2. The number of hydrogen-bond donors (Lipinski definition) is 0. The van der Waals surface area contributed by atoms with Gasteiger partial charge in [0.25, 0.3) is 0 Å². The summed E-state index contributed by atoms with van der Waals surface area (Å²) in [6.45, 7) is 10.7. The van der Waals surface area contributed by atoms with Gasteiger partial charge < -0.3 is 9.64 Å². The van der Waals surface area contributed by atoms with E-state index in [2.05, 4.69) is 42.0 Å². The van der Waals surface area contributed by atoms with Crippen molar-refractivity contribution in [3.63, 3.8) is 0 Å². The quantitative estimate of drug-likeness (QED) is 0.589. The Morgan fingerprint density at radius 2 is 1.93 bits per heavy atom. The maximum absolute atomic E-state index is 12.0. The molecule has 2 aliphatic rings. The molecule has 1 unspecified atom stereocenters. The number of nitrogens with zero attached hydrogens (tertiary/aromatic N) is 5. The van der Waals surface area contributed by atoms with E-state index >= 15 is 0 Å². The third kappa shape index (κ3) is 6.01. The molecule has 1 aromatic heterocycles. The van der Waals surface area contributed by atoms with Gasteiger partial charge in [-0.3, -0.25) is 9.58 Å². The molecule has 3 rings (SSSR count). The first-order chi connectivity index (χ1) is 13.8. The Kier molecular flexibility index (Phi) is 7.72. The molecule has 8 nitrogen and oxygen atoms in total. The van der Waals surface area contributed by atoms with Crippen LogP contribution in [-0.4, -0.2) is 97.1 Å². The number of aromatic nitrogens is 2. The predicted molar refractivity (Wildman–Crippen MR) is 114 cm³/mol. The first-order valence-electron chi connectivity index (χ1n) is 10.8. The molecule has 0 N–H and O–H groups in total. The van der Waals surface area contributed by atoms with Crippen LogP contribution in [0, 0.1) is 6.92 Å². The van der Waals surface area contributed by atoms with Gasteiger partial charge in [0.1, 0.15) is 0 Å². The molecule has 0 saturated carbocycles.